The summed E-state index contributed by atoms with van der Waals surface area (Å²) in [6, 6.07) is 3.61. The Bertz CT molecular complexity index is 662. The van der Waals surface area contributed by atoms with Crippen LogP contribution in [0.15, 0.2) is 27.6 Å². The highest BCUT2D eigenvalue weighted by molar-refractivity contribution is 9.10. The number of nitrogens with zero attached hydrogens (tertiary/aromatic N) is 2. The summed E-state index contributed by atoms with van der Waals surface area (Å²) in [7, 11) is -2.96. The van der Waals surface area contributed by atoms with Gasteiger partial charge in [-0.05, 0) is 19.1 Å². The zero-order chi connectivity index (χ0) is 16.2. The Morgan fingerprint density at radius 2 is 2.10 bits per heavy atom. The molecule has 0 aromatic heterocycles. The first-order valence-corrected chi connectivity index (χ1v) is 8.10. The smallest absolute Gasteiger partial charge is 0.289 e. The average Bonchev–Trinajstić information content (AvgIpc) is 2.38. The zero-order valence-electron chi connectivity index (χ0n) is 11.4. The lowest BCUT2D eigenvalue weighted by molar-refractivity contribution is -0.387. The van der Waals surface area contributed by atoms with Gasteiger partial charge in [0.1, 0.15) is 0 Å². The Morgan fingerprint density at radius 3 is 2.62 bits per heavy atom. The molecule has 0 spiro atoms. The number of sulfonamides is 1. The Balaban J connectivity index is 3.21. The molecule has 0 saturated heterocycles. The van der Waals surface area contributed by atoms with Gasteiger partial charge in [-0.15, -0.1) is 0 Å². The fourth-order valence-corrected chi connectivity index (χ4v) is 3.37. The highest BCUT2D eigenvalue weighted by atomic mass is 79.9. The fraction of sp³-hybridized carbons (Fsp3) is 0.364. The van der Waals surface area contributed by atoms with E-state index in [0.717, 1.165) is 16.4 Å². The molecule has 21 heavy (non-hydrogen) atoms. The highest BCUT2D eigenvalue weighted by Gasteiger charge is 2.30. The van der Waals surface area contributed by atoms with Gasteiger partial charge in [-0.3, -0.25) is 14.9 Å². The van der Waals surface area contributed by atoms with E-state index in [1.54, 1.807) is 6.92 Å². The summed E-state index contributed by atoms with van der Waals surface area (Å²) in [5.74, 6) is -0.485. The molecular weight excluding hydrogens is 366 g/mol. The molecule has 1 rings (SSSR count). The normalized spacial score (nSPS) is 11.4. The summed E-state index contributed by atoms with van der Waals surface area (Å²) in [5, 5.41) is 13.4. The molecule has 0 atom stereocenters. The quantitative estimate of drug-likeness (QED) is 0.587. The van der Waals surface area contributed by atoms with Crippen LogP contribution in [-0.4, -0.2) is 43.7 Å². The second-order valence-electron chi connectivity index (χ2n) is 4.08. The van der Waals surface area contributed by atoms with E-state index in [1.807, 2.05) is 0 Å². The van der Waals surface area contributed by atoms with Crippen LogP contribution in [0, 0.1) is 10.1 Å². The molecule has 1 aromatic carbocycles. The van der Waals surface area contributed by atoms with Crippen molar-refractivity contribution in [3.8, 4) is 0 Å². The van der Waals surface area contributed by atoms with Crippen molar-refractivity contribution >= 4 is 37.5 Å². The first-order chi connectivity index (χ1) is 9.70. The van der Waals surface area contributed by atoms with Crippen molar-refractivity contribution < 1.29 is 18.1 Å². The number of amides is 1. The number of rotatable bonds is 6. The topological polar surface area (TPSA) is 110 Å². The third-order valence-electron chi connectivity index (χ3n) is 2.55. The monoisotopic (exact) mass is 379 g/mol. The van der Waals surface area contributed by atoms with Gasteiger partial charge in [-0.1, -0.05) is 15.9 Å². The minimum absolute atomic E-state index is 0.365. The maximum absolute atomic E-state index is 12.4. The van der Waals surface area contributed by atoms with Crippen LogP contribution < -0.4 is 5.32 Å². The van der Waals surface area contributed by atoms with Crippen LogP contribution in [0.5, 0.6) is 0 Å². The number of hydrogen-bond acceptors (Lipinski definition) is 5. The van der Waals surface area contributed by atoms with E-state index in [-0.39, 0.29) is 0 Å². The van der Waals surface area contributed by atoms with Crippen LogP contribution in [0.2, 0.25) is 0 Å². The zero-order valence-corrected chi connectivity index (χ0v) is 13.8. The number of nitro benzene ring substituents is 1. The van der Waals surface area contributed by atoms with E-state index >= 15 is 0 Å². The van der Waals surface area contributed by atoms with E-state index in [1.165, 1.54) is 13.1 Å². The van der Waals surface area contributed by atoms with E-state index < -0.39 is 38.0 Å². The number of halogens is 1. The summed E-state index contributed by atoms with van der Waals surface area (Å²) in [4.78, 5) is 21.2. The summed E-state index contributed by atoms with van der Waals surface area (Å²) in [6.45, 7) is 1.65. The molecule has 8 nitrogen and oxygen atoms in total. The van der Waals surface area contributed by atoms with Crippen molar-refractivity contribution in [1.29, 1.82) is 0 Å². The second kappa shape index (κ2) is 6.96. The third-order valence-corrected chi connectivity index (χ3v) is 4.87. The molecule has 10 heteroatoms. The number of likely N-dealkylation sites (N-methyl/N-ethyl adjacent to an activating group) is 2. The highest BCUT2D eigenvalue weighted by Crippen LogP contribution is 2.29. The summed E-state index contributed by atoms with van der Waals surface area (Å²) >= 11 is 3.08. The van der Waals surface area contributed by atoms with Gasteiger partial charge in [0.15, 0.2) is 4.90 Å². The predicted molar refractivity (Wildman–Crippen MR) is 79.3 cm³/mol. The van der Waals surface area contributed by atoms with Gasteiger partial charge in [-0.25, -0.2) is 8.42 Å². The molecule has 0 unspecified atom stereocenters. The van der Waals surface area contributed by atoms with Gasteiger partial charge in [0.05, 0.1) is 11.5 Å². The lowest BCUT2D eigenvalue weighted by atomic mass is 10.3. The molecule has 0 heterocycles. The Hall–Kier alpha value is -1.52. The van der Waals surface area contributed by atoms with Crippen LogP contribution in [-0.2, 0) is 14.8 Å². The first kappa shape index (κ1) is 17.5. The van der Waals surface area contributed by atoms with Gasteiger partial charge in [0, 0.05) is 24.1 Å². The first-order valence-electron chi connectivity index (χ1n) is 5.87. The number of nitro groups is 1. The van der Waals surface area contributed by atoms with Crippen LogP contribution in [0.4, 0.5) is 5.69 Å². The predicted octanol–water partition coefficient (Wildman–Crippen LogP) is 1.11. The molecule has 0 bridgehead atoms. The van der Waals surface area contributed by atoms with Crippen LogP contribution >= 0.6 is 15.9 Å². The minimum Gasteiger partial charge on any atom is -0.355 e. The lowest BCUT2D eigenvalue weighted by Gasteiger charge is -2.16. The lowest BCUT2D eigenvalue weighted by Crippen LogP contribution is -2.38. The van der Waals surface area contributed by atoms with Gasteiger partial charge < -0.3 is 5.32 Å². The van der Waals surface area contributed by atoms with Crippen molar-refractivity contribution in [1.82, 2.24) is 9.62 Å². The Morgan fingerprint density at radius 1 is 1.48 bits per heavy atom. The number of hydrogen-bond donors (Lipinski definition) is 1. The standard InChI is InChI=1S/C11H14BrN3O5S/c1-3-13-11(16)7-14(2)21(19,20)10-6-8(12)4-5-9(10)15(17)18/h4-6H,3,7H2,1-2H3,(H,13,16). The minimum atomic E-state index is -4.15. The number of carbonyl (C=O) groups is 1. The second-order valence-corrected chi connectivity index (χ2v) is 7.01. The Labute approximate surface area is 130 Å². The number of nitrogens with one attached hydrogen (secondary N) is 1. The molecule has 0 radical (unpaired) electrons. The van der Waals surface area contributed by atoms with Crippen LogP contribution in [0.1, 0.15) is 6.92 Å². The maximum Gasteiger partial charge on any atom is 0.289 e. The van der Waals surface area contributed by atoms with Crippen molar-refractivity contribution in [2.24, 2.45) is 0 Å². The van der Waals surface area contributed by atoms with Crippen molar-refractivity contribution in [2.75, 3.05) is 20.1 Å². The molecule has 116 valence electrons. The van der Waals surface area contributed by atoms with Crippen molar-refractivity contribution in [3.05, 3.63) is 32.8 Å². The molecule has 1 aromatic rings. The molecule has 1 N–H and O–H groups in total. The molecule has 0 aliphatic carbocycles. The van der Waals surface area contributed by atoms with Gasteiger partial charge >= 0.3 is 0 Å². The van der Waals surface area contributed by atoms with Crippen molar-refractivity contribution in [3.63, 3.8) is 0 Å². The fourth-order valence-electron chi connectivity index (χ4n) is 1.55. The molecule has 0 aliphatic rings. The van der Waals surface area contributed by atoms with E-state index in [2.05, 4.69) is 21.2 Å². The van der Waals surface area contributed by atoms with Gasteiger partial charge in [0.2, 0.25) is 15.9 Å². The van der Waals surface area contributed by atoms with E-state index in [4.69, 9.17) is 0 Å². The third kappa shape index (κ3) is 4.22. The summed E-state index contributed by atoms with van der Waals surface area (Å²) in [5.41, 5.74) is -0.541. The van der Waals surface area contributed by atoms with Crippen molar-refractivity contribution in [2.45, 2.75) is 11.8 Å². The number of carbonyl (C=O) groups excluding carboxylic acids is 1. The largest absolute Gasteiger partial charge is 0.355 e. The Kier molecular flexibility index (Phi) is 5.81. The molecular formula is C11H14BrN3O5S. The van der Waals surface area contributed by atoms with Gasteiger partial charge in [-0.2, -0.15) is 4.31 Å². The molecule has 0 saturated carbocycles. The van der Waals surface area contributed by atoms with Gasteiger partial charge in [0.25, 0.3) is 5.69 Å². The van der Waals surface area contributed by atoms with Crippen LogP contribution in [0.25, 0.3) is 0 Å². The molecule has 0 fully saturated rings. The van der Waals surface area contributed by atoms with E-state index in [0.29, 0.717) is 11.0 Å². The molecule has 1 amide bonds. The van der Waals surface area contributed by atoms with Crippen LogP contribution in [0.3, 0.4) is 0 Å². The maximum atomic E-state index is 12.4. The number of benzene rings is 1. The average molecular weight is 380 g/mol. The summed E-state index contributed by atoms with van der Waals surface area (Å²) < 4.78 is 25.9. The molecule has 0 aliphatic heterocycles. The van der Waals surface area contributed by atoms with E-state index in [9.17, 15) is 23.3 Å². The summed E-state index contributed by atoms with van der Waals surface area (Å²) in [6.07, 6.45) is 0. The SMILES string of the molecule is CCNC(=O)CN(C)S(=O)(=O)c1cc(Br)ccc1[N+](=O)[O-].